The maximum atomic E-state index is 16.4. The molecule has 2 amide bonds. The number of nitrogens with one attached hydrogen (secondary N) is 1. The average Bonchev–Trinajstić information content (AvgIpc) is 0.821. The van der Waals surface area contributed by atoms with Crippen LogP contribution in [0.1, 0.15) is 55.4 Å². The maximum absolute atomic E-state index is 16.4. The van der Waals surface area contributed by atoms with Crippen molar-refractivity contribution in [3.05, 3.63) is 128 Å². The number of fused-ring (bicyclic) bond motifs is 2. The zero-order chi connectivity index (χ0) is 63.6. The summed E-state index contributed by atoms with van der Waals surface area (Å²) in [5, 5.41) is 44.7. The van der Waals surface area contributed by atoms with E-state index in [1.54, 1.807) is 32.6 Å². The summed E-state index contributed by atoms with van der Waals surface area (Å²) < 4.78 is 83.9. The van der Waals surface area contributed by atoms with Crippen LogP contribution < -0.4 is 30.8 Å². The van der Waals surface area contributed by atoms with Crippen LogP contribution in [0.4, 0.5) is 44.2 Å². The minimum atomic E-state index is -1.13. The summed E-state index contributed by atoms with van der Waals surface area (Å²) in [5.41, 5.74) is -7.55. The van der Waals surface area contributed by atoms with Gasteiger partial charge in [0.05, 0.1) is 75.5 Å². The van der Waals surface area contributed by atoms with Gasteiger partial charge in [-0.25, -0.2) is 27.2 Å². The predicted molar refractivity (Wildman–Crippen MR) is 312 cm³/mol. The number of amides is 2. The first kappa shape index (κ1) is 66.6. The molecule has 22 nitrogen and oxygen atoms in total. The molecule has 2 saturated heterocycles. The summed E-state index contributed by atoms with van der Waals surface area (Å²) in [7, 11) is 4.86. The molecule has 2 aliphatic heterocycles. The highest BCUT2D eigenvalue weighted by Crippen LogP contribution is 2.47. The Hall–Kier alpha value is -7.49. The van der Waals surface area contributed by atoms with Crippen molar-refractivity contribution in [2.45, 2.75) is 90.8 Å². The van der Waals surface area contributed by atoms with Crippen molar-refractivity contribution in [2.24, 2.45) is 14.1 Å². The van der Waals surface area contributed by atoms with E-state index < -0.39 is 102 Å². The van der Waals surface area contributed by atoms with Gasteiger partial charge in [0.2, 0.25) is 0 Å². The highest BCUT2D eigenvalue weighted by Gasteiger charge is 2.42. The lowest BCUT2D eigenvalue weighted by Gasteiger charge is -2.45. The molecular formula is C56H63Cl3F4N8O14. The number of halogens is 7. The van der Waals surface area contributed by atoms with Gasteiger partial charge in [-0.1, -0.05) is 46.9 Å². The van der Waals surface area contributed by atoms with Gasteiger partial charge in [-0.15, -0.1) is 0 Å². The molecule has 6 aromatic rings. The van der Waals surface area contributed by atoms with Gasteiger partial charge in [-0.2, -0.15) is 0 Å². The van der Waals surface area contributed by atoms with E-state index in [1.165, 1.54) is 54.4 Å². The number of carbonyl (C=O) groups excluding carboxylic acids is 2. The predicted octanol–water partition coefficient (Wildman–Crippen LogP) is 10.1. The molecule has 4 atom stereocenters. The highest BCUT2D eigenvalue weighted by molar-refractivity contribution is 6.39. The van der Waals surface area contributed by atoms with E-state index in [2.05, 4.69) is 5.32 Å². The third-order valence-electron chi connectivity index (χ3n) is 13.7. The van der Waals surface area contributed by atoms with Gasteiger partial charge in [0.15, 0.2) is 11.6 Å². The van der Waals surface area contributed by atoms with Crippen LogP contribution in [-0.4, -0.2) is 140 Å². The van der Waals surface area contributed by atoms with Crippen LogP contribution in [0.5, 0.6) is 11.5 Å². The molecule has 0 bridgehead atoms. The number of hydrogen-bond acceptors (Lipinski definition) is 16. The normalized spacial score (nSPS) is 17.2. The van der Waals surface area contributed by atoms with Gasteiger partial charge in [0.25, 0.3) is 0 Å². The number of rotatable bonds is 9. The third kappa shape index (κ3) is 13.8. The number of aromatic nitrogens is 2. The minimum absolute atomic E-state index is 0.0188. The zero-order valence-corrected chi connectivity index (χ0v) is 50.5. The Bertz CT molecular complexity index is 3730. The number of nitro groups is 2. The van der Waals surface area contributed by atoms with Crippen LogP contribution >= 0.6 is 34.8 Å². The monoisotopic (exact) mass is 1250 g/mol. The number of ether oxygens (including phenoxy) is 4. The molecule has 2 fully saturated rings. The topological polar surface area (TPSA) is 264 Å². The molecule has 2 aliphatic rings. The van der Waals surface area contributed by atoms with Crippen LogP contribution in [0.2, 0.25) is 15.1 Å². The number of benzene rings is 4. The Kier molecular flexibility index (Phi) is 20.7. The van der Waals surface area contributed by atoms with Crippen molar-refractivity contribution >= 4 is 85.9 Å². The molecule has 3 N–H and O–H groups in total. The standard InChI is InChI=1S/C28H31ClF2N4O7.C17H10Cl2F2N2O4.C11H22N2O3/c1-14-11-34(15(13-36)12-33(14)27(38)42-28(2,3)4)24-16-10-17(29)20(21-18(30)8-7-9-19(21)41-6)22(31)23(16)32(5)26(37)25(24)35(39)40;1-22-15-7(13(19)16(17(22)24)23(25)26)6-8(18)11(14(15)21)12-9(20)4-3-5-10(12)27-2;1-8-5-12-9(7-14)6-13(8)10(15)16-11(2,3)4/h7-10,14-15,36H,11-13H2,1-6H3;3-6H,1-2H3;8-9,12,14H,5-7H2,1-4H3/t14-,15-;;8-,9-/m1.1/s1. The van der Waals surface area contributed by atoms with Crippen LogP contribution in [0.15, 0.2) is 58.1 Å². The Labute approximate surface area is 499 Å². The summed E-state index contributed by atoms with van der Waals surface area (Å²) in [4.78, 5) is 76.5. The lowest BCUT2D eigenvalue weighted by Crippen LogP contribution is -2.61. The van der Waals surface area contributed by atoms with E-state index in [0.717, 1.165) is 41.4 Å². The van der Waals surface area contributed by atoms with E-state index in [1.807, 2.05) is 27.7 Å². The summed E-state index contributed by atoms with van der Waals surface area (Å²) in [5.74, 6) is -3.79. The molecule has 85 heavy (non-hydrogen) atoms. The van der Waals surface area contributed by atoms with E-state index >= 15 is 13.2 Å². The second-order valence-corrected chi connectivity index (χ2v) is 23.1. The van der Waals surface area contributed by atoms with E-state index in [4.69, 9.17) is 58.9 Å². The smallest absolute Gasteiger partial charge is 0.410 e. The van der Waals surface area contributed by atoms with E-state index in [-0.39, 0.29) is 104 Å². The maximum Gasteiger partial charge on any atom is 0.410 e. The fraction of sp³-hybridized carbons (Fsp3) is 0.429. The first-order valence-corrected chi connectivity index (χ1v) is 27.2. The summed E-state index contributed by atoms with van der Waals surface area (Å²) in [6.07, 6.45) is -0.950. The van der Waals surface area contributed by atoms with Crippen molar-refractivity contribution in [1.29, 1.82) is 0 Å². The van der Waals surface area contributed by atoms with Gasteiger partial charge in [0, 0.05) is 80.3 Å². The molecule has 4 heterocycles. The van der Waals surface area contributed by atoms with Gasteiger partial charge in [-0.05, 0) is 91.8 Å². The molecule has 460 valence electrons. The Balaban J connectivity index is 0.000000229. The lowest BCUT2D eigenvalue weighted by molar-refractivity contribution is -0.386. The summed E-state index contributed by atoms with van der Waals surface area (Å²) >= 11 is 18.7. The number of aliphatic hydroxyl groups excluding tert-OH is 2. The molecule has 0 radical (unpaired) electrons. The van der Waals surface area contributed by atoms with Gasteiger partial charge in [-0.3, -0.25) is 29.8 Å². The summed E-state index contributed by atoms with van der Waals surface area (Å²) in [6, 6.07) is 8.65. The lowest BCUT2D eigenvalue weighted by atomic mass is 9.98. The minimum Gasteiger partial charge on any atom is -0.496 e. The van der Waals surface area contributed by atoms with E-state index in [0.29, 0.717) is 13.1 Å². The number of methoxy groups -OCH3 is 2. The number of aliphatic hydroxyl groups is 2. The largest absolute Gasteiger partial charge is 0.496 e. The number of piperazine rings is 2. The number of carbonyl (C=O) groups is 2. The van der Waals surface area contributed by atoms with Gasteiger partial charge >= 0.3 is 34.7 Å². The summed E-state index contributed by atoms with van der Waals surface area (Å²) in [6.45, 7) is 14.8. The van der Waals surface area contributed by atoms with Crippen LogP contribution in [0.25, 0.3) is 44.1 Å². The van der Waals surface area contributed by atoms with Gasteiger partial charge < -0.3 is 58.3 Å². The van der Waals surface area contributed by atoms with Gasteiger partial charge in [0.1, 0.15) is 45.0 Å². The first-order valence-electron chi connectivity index (χ1n) is 26.1. The molecule has 0 aliphatic carbocycles. The fourth-order valence-electron chi connectivity index (χ4n) is 9.77. The molecule has 2 aromatic heterocycles. The van der Waals surface area contributed by atoms with Crippen molar-refractivity contribution < 1.29 is 66.2 Å². The van der Waals surface area contributed by atoms with Crippen molar-refractivity contribution in [1.82, 2.24) is 24.3 Å². The Morgan fingerprint density at radius 2 is 1.11 bits per heavy atom. The number of hydrogen-bond donors (Lipinski definition) is 3. The molecule has 8 rings (SSSR count). The van der Waals surface area contributed by atoms with Crippen LogP contribution in [0, 0.1) is 43.5 Å². The number of pyridine rings is 2. The number of nitrogens with zero attached hydrogens (tertiary/aromatic N) is 7. The zero-order valence-electron chi connectivity index (χ0n) is 48.2. The highest BCUT2D eigenvalue weighted by atomic mass is 35.5. The van der Waals surface area contributed by atoms with Crippen molar-refractivity contribution in [3.63, 3.8) is 0 Å². The molecule has 0 unspecified atom stereocenters. The second kappa shape index (κ2) is 26.4. The third-order valence-corrected chi connectivity index (χ3v) is 14.7. The van der Waals surface area contributed by atoms with Crippen molar-refractivity contribution in [3.8, 4) is 33.8 Å². The Morgan fingerprint density at radius 1 is 0.671 bits per heavy atom. The SMILES string of the molecule is COc1cccc(F)c1-c1c(Cl)cc2c(Cl)c([N+](=O)[O-])c(=O)n(C)c2c1F.COc1cccc(F)c1-c1c(Cl)cc2c(N3C[C@@H](C)N(C(=O)OC(C)(C)C)C[C@@H]3CO)c([N+](=O)[O-])c(=O)n(C)c2c1F.C[C@@H]1CN[C@@H](CO)CN1C(=O)OC(C)(C)C. The number of anilines is 1. The quantitative estimate of drug-likeness (QED) is 0.0690. The second-order valence-electron chi connectivity index (χ2n) is 21.9. The molecular weight excluding hydrogens is 1190 g/mol. The fourth-order valence-corrected chi connectivity index (χ4v) is 10.6. The first-order chi connectivity index (χ1) is 39.7. The molecule has 0 saturated carbocycles. The Morgan fingerprint density at radius 3 is 1.53 bits per heavy atom. The van der Waals surface area contributed by atoms with Crippen molar-refractivity contribution in [2.75, 3.05) is 58.5 Å². The molecule has 0 spiro atoms. The van der Waals surface area contributed by atoms with Crippen LogP contribution in [0.3, 0.4) is 0 Å². The molecule has 4 aromatic carbocycles. The van der Waals surface area contributed by atoms with Crippen LogP contribution in [-0.2, 0) is 23.6 Å². The molecule has 29 heteroatoms. The van der Waals surface area contributed by atoms with E-state index in [9.17, 15) is 48.9 Å². The average molecular weight is 1250 g/mol. The number of aryl methyl sites for hydroxylation is 2.